The van der Waals surface area contributed by atoms with Gasteiger partial charge in [-0.05, 0) is 47.2 Å². The largest absolute Gasteiger partial charge is 0.480 e. The van der Waals surface area contributed by atoms with E-state index >= 15 is 0 Å². The van der Waals surface area contributed by atoms with E-state index in [4.69, 9.17) is 0 Å². The number of amides is 1. The molecule has 2 atom stereocenters. The molecule has 1 saturated heterocycles. The van der Waals surface area contributed by atoms with Gasteiger partial charge in [-0.3, -0.25) is 4.79 Å². The van der Waals surface area contributed by atoms with Crippen molar-refractivity contribution in [1.29, 1.82) is 0 Å². The Morgan fingerprint density at radius 1 is 1.35 bits per heavy atom. The minimum atomic E-state index is -0.910. The fourth-order valence-electron chi connectivity index (χ4n) is 2.97. The lowest BCUT2D eigenvalue weighted by Gasteiger charge is -2.24. The van der Waals surface area contributed by atoms with Gasteiger partial charge in [-0.2, -0.15) is 0 Å². The highest BCUT2D eigenvalue weighted by Crippen LogP contribution is 2.38. The van der Waals surface area contributed by atoms with Crippen molar-refractivity contribution >= 4 is 27.8 Å². The van der Waals surface area contributed by atoms with E-state index in [1.165, 1.54) is 4.90 Å². The molecule has 0 spiro atoms. The summed E-state index contributed by atoms with van der Waals surface area (Å²) in [6, 6.07) is 1.48. The molecule has 108 valence electrons. The van der Waals surface area contributed by atoms with Crippen molar-refractivity contribution in [1.82, 2.24) is 9.47 Å². The maximum Gasteiger partial charge on any atom is 0.326 e. The maximum atomic E-state index is 12.7. The Morgan fingerprint density at radius 2 is 2.05 bits per heavy atom. The number of halogens is 1. The van der Waals surface area contributed by atoms with Crippen molar-refractivity contribution in [3.63, 3.8) is 0 Å². The van der Waals surface area contributed by atoms with E-state index in [0.29, 0.717) is 18.3 Å². The minimum Gasteiger partial charge on any atom is -0.480 e. The summed E-state index contributed by atoms with van der Waals surface area (Å²) in [5, 5.41) is 9.34. The van der Waals surface area contributed by atoms with Crippen LogP contribution in [-0.4, -0.2) is 39.0 Å². The van der Waals surface area contributed by atoms with E-state index in [1.54, 1.807) is 6.07 Å². The summed E-state index contributed by atoms with van der Waals surface area (Å²) < 4.78 is 2.85. The van der Waals surface area contributed by atoms with Crippen LogP contribution in [0.25, 0.3) is 0 Å². The predicted molar refractivity (Wildman–Crippen MR) is 76.6 cm³/mol. The molecular weight excluding hydrogens is 324 g/mol. The molecule has 20 heavy (non-hydrogen) atoms. The molecule has 6 heteroatoms. The van der Waals surface area contributed by atoms with E-state index in [9.17, 15) is 14.7 Å². The lowest BCUT2D eigenvalue weighted by molar-refractivity contribution is -0.142. The SMILES string of the molecule is CC1CCN(C(=O)c2cc(Br)cn2C2CC2)C1C(=O)O. The van der Waals surface area contributed by atoms with Gasteiger partial charge in [-0.1, -0.05) is 6.92 Å². The molecule has 1 N–H and O–H groups in total. The van der Waals surface area contributed by atoms with Crippen molar-refractivity contribution in [2.75, 3.05) is 6.54 Å². The van der Waals surface area contributed by atoms with E-state index < -0.39 is 12.0 Å². The third-order valence-electron chi connectivity index (χ3n) is 4.19. The monoisotopic (exact) mass is 340 g/mol. The van der Waals surface area contributed by atoms with Crippen LogP contribution in [0.1, 0.15) is 42.7 Å². The van der Waals surface area contributed by atoms with Gasteiger partial charge in [0.1, 0.15) is 11.7 Å². The Labute approximate surface area is 125 Å². The van der Waals surface area contributed by atoms with Crippen molar-refractivity contribution < 1.29 is 14.7 Å². The first-order valence-electron chi connectivity index (χ1n) is 6.90. The molecular formula is C14H17BrN2O3. The Hall–Kier alpha value is -1.30. The summed E-state index contributed by atoms with van der Waals surface area (Å²) in [6.07, 6.45) is 4.83. The third-order valence-corrected chi connectivity index (χ3v) is 4.62. The van der Waals surface area contributed by atoms with Crippen LogP contribution in [0.3, 0.4) is 0 Å². The number of carboxylic acids is 1. The van der Waals surface area contributed by atoms with Crippen molar-refractivity contribution in [2.24, 2.45) is 5.92 Å². The van der Waals surface area contributed by atoms with Crippen LogP contribution in [0, 0.1) is 5.92 Å². The van der Waals surface area contributed by atoms with Gasteiger partial charge in [-0.15, -0.1) is 0 Å². The fraction of sp³-hybridized carbons (Fsp3) is 0.571. The Bertz CT molecular complexity index is 565. The number of rotatable bonds is 3. The van der Waals surface area contributed by atoms with Crippen molar-refractivity contribution in [2.45, 2.75) is 38.3 Å². The average molecular weight is 341 g/mol. The van der Waals surface area contributed by atoms with E-state index in [1.807, 2.05) is 17.7 Å². The number of carbonyl (C=O) groups is 2. The number of aliphatic carboxylic acids is 1. The van der Waals surface area contributed by atoms with Crippen LogP contribution in [-0.2, 0) is 4.79 Å². The van der Waals surface area contributed by atoms with Crippen molar-refractivity contribution in [3.05, 3.63) is 22.4 Å². The molecule has 1 aromatic heterocycles. The second-order valence-electron chi connectivity index (χ2n) is 5.73. The van der Waals surface area contributed by atoms with Crippen LogP contribution >= 0.6 is 15.9 Å². The Kier molecular flexibility index (Phi) is 3.36. The molecule has 2 aliphatic rings. The zero-order valence-corrected chi connectivity index (χ0v) is 12.8. The molecule has 3 rings (SSSR count). The van der Waals surface area contributed by atoms with Gasteiger partial charge in [0.15, 0.2) is 0 Å². The first-order valence-corrected chi connectivity index (χ1v) is 7.69. The second-order valence-corrected chi connectivity index (χ2v) is 6.65. The average Bonchev–Trinajstić information content (AvgIpc) is 3.05. The number of carboxylic acid groups (broad SMARTS) is 1. The zero-order valence-electron chi connectivity index (χ0n) is 11.3. The van der Waals surface area contributed by atoms with Gasteiger partial charge < -0.3 is 14.6 Å². The molecule has 1 aliphatic heterocycles. The third kappa shape index (κ3) is 2.26. The van der Waals surface area contributed by atoms with Crippen LogP contribution in [0.5, 0.6) is 0 Å². The highest BCUT2D eigenvalue weighted by molar-refractivity contribution is 9.10. The van der Waals surface area contributed by atoms with Gasteiger partial charge in [0.25, 0.3) is 5.91 Å². The van der Waals surface area contributed by atoms with Gasteiger partial charge in [0.05, 0.1) is 0 Å². The normalized spacial score (nSPS) is 26.0. The lowest BCUT2D eigenvalue weighted by Crippen LogP contribution is -2.43. The van der Waals surface area contributed by atoms with Gasteiger partial charge in [0.2, 0.25) is 0 Å². The highest BCUT2D eigenvalue weighted by Gasteiger charge is 2.41. The predicted octanol–water partition coefficient (Wildman–Crippen LogP) is 2.52. The highest BCUT2D eigenvalue weighted by atomic mass is 79.9. The summed E-state index contributed by atoms with van der Waals surface area (Å²) >= 11 is 3.40. The number of hydrogen-bond acceptors (Lipinski definition) is 2. The second kappa shape index (κ2) is 4.91. The molecule has 1 saturated carbocycles. The van der Waals surface area contributed by atoms with Crippen LogP contribution in [0.2, 0.25) is 0 Å². The smallest absolute Gasteiger partial charge is 0.326 e. The van der Waals surface area contributed by atoms with E-state index in [-0.39, 0.29) is 11.8 Å². The molecule has 2 fully saturated rings. The van der Waals surface area contributed by atoms with Gasteiger partial charge in [0, 0.05) is 23.3 Å². The number of carbonyl (C=O) groups excluding carboxylic acids is 1. The molecule has 0 radical (unpaired) electrons. The molecule has 0 aromatic carbocycles. The minimum absolute atomic E-state index is 0.00391. The van der Waals surface area contributed by atoms with E-state index in [0.717, 1.165) is 23.7 Å². The Balaban J connectivity index is 1.90. The van der Waals surface area contributed by atoms with Crippen LogP contribution in [0.4, 0.5) is 0 Å². The summed E-state index contributed by atoms with van der Waals surface area (Å²) in [5.41, 5.74) is 0.597. The fourth-order valence-corrected chi connectivity index (χ4v) is 3.41. The van der Waals surface area contributed by atoms with Crippen molar-refractivity contribution in [3.8, 4) is 0 Å². The quantitative estimate of drug-likeness (QED) is 0.919. The van der Waals surface area contributed by atoms with Gasteiger partial charge in [-0.25, -0.2) is 4.79 Å². The Morgan fingerprint density at radius 3 is 2.65 bits per heavy atom. The first-order chi connectivity index (χ1) is 9.49. The lowest BCUT2D eigenvalue weighted by atomic mass is 10.0. The first kappa shape index (κ1) is 13.7. The maximum absolute atomic E-state index is 12.7. The molecule has 2 heterocycles. The van der Waals surface area contributed by atoms with Crippen LogP contribution < -0.4 is 0 Å². The number of aromatic nitrogens is 1. The molecule has 5 nitrogen and oxygen atoms in total. The number of hydrogen-bond donors (Lipinski definition) is 1. The summed E-state index contributed by atoms with van der Waals surface area (Å²) in [5.74, 6) is -1.07. The molecule has 1 aliphatic carbocycles. The zero-order chi connectivity index (χ0) is 14.4. The standard InChI is InChI=1S/C14H17BrN2O3/c1-8-4-5-16(12(8)14(19)20)13(18)11-6-9(15)7-17(11)10-2-3-10/h6-8,10,12H,2-5H2,1H3,(H,19,20). The topological polar surface area (TPSA) is 62.5 Å². The molecule has 1 aromatic rings. The number of likely N-dealkylation sites (tertiary alicyclic amines) is 1. The molecule has 0 bridgehead atoms. The summed E-state index contributed by atoms with van der Waals surface area (Å²) in [6.45, 7) is 2.41. The summed E-state index contributed by atoms with van der Waals surface area (Å²) in [4.78, 5) is 25.6. The van der Waals surface area contributed by atoms with Crippen LogP contribution in [0.15, 0.2) is 16.7 Å². The molecule has 1 amide bonds. The molecule has 2 unspecified atom stereocenters. The van der Waals surface area contributed by atoms with Gasteiger partial charge >= 0.3 is 5.97 Å². The van der Waals surface area contributed by atoms with E-state index in [2.05, 4.69) is 15.9 Å². The summed E-state index contributed by atoms with van der Waals surface area (Å²) in [7, 11) is 0. The number of nitrogens with zero attached hydrogens (tertiary/aromatic N) is 2.